The summed E-state index contributed by atoms with van der Waals surface area (Å²) in [4.78, 5) is 32.5. The predicted octanol–water partition coefficient (Wildman–Crippen LogP) is 4.41. The fourth-order valence-corrected chi connectivity index (χ4v) is 3.26. The minimum absolute atomic E-state index is 0.318. The number of hydrogen-bond donors (Lipinski definition) is 2. The van der Waals surface area contributed by atoms with Crippen LogP contribution in [0.15, 0.2) is 73.2 Å². The molecule has 9 nitrogen and oxygen atoms in total. The van der Waals surface area contributed by atoms with Gasteiger partial charge in [0.15, 0.2) is 11.5 Å². The molecule has 0 bridgehead atoms. The maximum atomic E-state index is 12.2. The lowest BCUT2D eigenvalue weighted by Crippen LogP contribution is -2.21. The molecule has 0 aliphatic rings. The number of anilines is 2. The molecule has 9 heteroatoms. The smallest absolute Gasteiger partial charge is 0.233 e. The van der Waals surface area contributed by atoms with Crippen LogP contribution in [0.4, 0.5) is 11.4 Å². The van der Waals surface area contributed by atoms with Crippen LogP contribution in [-0.4, -0.2) is 36.0 Å². The van der Waals surface area contributed by atoms with Crippen molar-refractivity contribution >= 4 is 34.1 Å². The second-order valence-electron chi connectivity index (χ2n) is 7.17. The van der Waals surface area contributed by atoms with Crippen molar-refractivity contribution < 1.29 is 23.8 Å². The number of amides is 2. The predicted molar refractivity (Wildman–Crippen MR) is 127 cm³/mol. The van der Waals surface area contributed by atoms with Crippen molar-refractivity contribution in [3.8, 4) is 23.0 Å². The van der Waals surface area contributed by atoms with Crippen molar-refractivity contribution in [3.05, 3.63) is 73.2 Å². The molecule has 4 aromatic rings. The summed E-state index contributed by atoms with van der Waals surface area (Å²) in [6, 6.07) is 15.6. The summed E-state index contributed by atoms with van der Waals surface area (Å²) < 4.78 is 16.8. The Morgan fingerprint density at radius 1 is 0.824 bits per heavy atom. The van der Waals surface area contributed by atoms with Crippen LogP contribution in [0.5, 0.6) is 23.0 Å². The number of aromatic nitrogens is 2. The van der Waals surface area contributed by atoms with E-state index in [9.17, 15) is 9.59 Å². The summed E-state index contributed by atoms with van der Waals surface area (Å²) in [5, 5.41) is 6.08. The largest absolute Gasteiger partial charge is 0.493 e. The molecule has 2 amide bonds. The normalized spacial score (nSPS) is 10.4. The third-order valence-electron chi connectivity index (χ3n) is 4.84. The van der Waals surface area contributed by atoms with Gasteiger partial charge in [-0.05, 0) is 48.5 Å². The quantitative estimate of drug-likeness (QED) is 0.376. The molecule has 2 N–H and O–H groups in total. The molecule has 0 saturated heterocycles. The summed E-state index contributed by atoms with van der Waals surface area (Å²) >= 11 is 0. The number of rotatable bonds is 8. The van der Waals surface area contributed by atoms with Gasteiger partial charge in [0.25, 0.3) is 0 Å². The number of methoxy groups -OCH3 is 2. The average molecular weight is 458 g/mol. The molecule has 0 radical (unpaired) electrons. The Balaban J connectivity index is 1.40. The van der Waals surface area contributed by atoms with Gasteiger partial charge in [-0.3, -0.25) is 19.6 Å². The van der Waals surface area contributed by atoms with Crippen LogP contribution in [-0.2, 0) is 9.59 Å². The third-order valence-corrected chi connectivity index (χ3v) is 4.84. The van der Waals surface area contributed by atoms with Crippen molar-refractivity contribution in [3.63, 3.8) is 0 Å². The fraction of sp³-hybridized carbons (Fsp3) is 0.120. The Bertz CT molecular complexity index is 1310. The molecule has 0 unspecified atom stereocenters. The number of benzene rings is 2. The topological polar surface area (TPSA) is 112 Å². The zero-order valence-corrected chi connectivity index (χ0v) is 18.6. The Morgan fingerprint density at radius 3 is 2.21 bits per heavy atom. The first kappa shape index (κ1) is 22.5. The van der Waals surface area contributed by atoms with Crippen LogP contribution in [0.2, 0.25) is 0 Å². The van der Waals surface area contributed by atoms with Crippen molar-refractivity contribution in [1.29, 1.82) is 0 Å². The molecule has 2 heterocycles. The molecular formula is C25H22N4O5. The molecule has 0 aliphatic carbocycles. The highest BCUT2D eigenvalue weighted by molar-refractivity contribution is 6.08. The molecule has 0 saturated carbocycles. The SMILES string of the molecule is COc1cc2nccc(Oc3ccc(NC(=O)CC(=O)Nc4cccnc4)cc3)c2cc1OC. The van der Waals surface area contributed by atoms with Crippen molar-refractivity contribution in [2.24, 2.45) is 0 Å². The van der Waals surface area contributed by atoms with E-state index in [1.165, 1.54) is 6.20 Å². The minimum Gasteiger partial charge on any atom is -0.493 e. The van der Waals surface area contributed by atoms with E-state index in [0.29, 0.717) is 39.9 Å². The van der Waals surface area contributed by atoms with Gasteiger partial charge in [0.2, 0.25) is 11.8 Å². The second-order valence-corrected chi connectivity index (χ2v) is 7.17. The number of hydrogen-bond acceptors (Lipinski definition) is 7. The highest BCUT2D eigenvalue weighted by Crippen LogP contribution is 2.36. The monoisotopic (exact) mass is 458 g/mol. The minimum atomic E-state index is -0.434. The van der Waals surface area contributed by atoms with Gasteiger partial charge in [0.1, 0.15) is 17.9 Å². The van der Waals surface area contributed by atoms with Crippen molar-refractivity contribution in [2.75, 3.05) is 24.9 Å². The number of pyridine rings is 2. The van der Waals surface area contributed by atoms with Crippen LogP contribution in [0.3, 0.4) is 0 Å². The number of nitrogens with zero attached hydrogens (tertiary/aromatic N) is 2. The zero-order chi connectivity index (χ0) is 23.9. The molecule has 4 rings (SSSR count). The number of ether oxygens (including phenoxy) is 3. The standard InChI is InChI=1S/C25H22N4O5/c1-32-22-12-19-20(13-23(22)33-2)27-11-9-21(19)34-18-7-5-16(6-8-18)28-24(30)14-25(31)29-17-4-3-10-26-15-17/h3-13,15H,14H2,1-2H3,(H,28,30)(H,29,31). The van der Waals surface area contributed by atoms with Crippen LogP contribution < -0.4 is 24.8 Å². The van der Waals surface area contributed by atoms with E-state index in [-0.39, 0.29) is 6.42 Å². The van der Waals surface area contributed by atoms with E-state index in [4.69, 9.17) is 14.2 Å². The van der Waals surface area contributed by atoms with E-state index in [0.717, 1.165) is 5.39 Å². The molecule has 0 spiro atoms. The van der Waals surface area contributed by atoms with Crippen LogP contribution >= 0.6 is 0 Å². The Kier molecular flexibility index (Phi) is 6.83. The summed E-state index contributed by atoms with van der Waals surface area (Å²) in [5.74, 6) is 1.44. The van der Waals surface area contributed by atoms with Gasteiger partial charge >= 0.3 is 0 Å². The van der Waals surface area contributed by atoms with Gasteiger partial charge in [-0.2, -0.15) is 0 Å². The van der Waals surface area contributed by atoms with Crippen molar-refractivity contribution in [1.82, 2.24) is 9.97 Å². The van der Waals surface area contributed by atoms with Gasteiger partial charge in [-0.15, -0.1) is 0 Å². The van der Waals surface area contributed by atoms with Gasteiger partial charge in [-0.25, -0.2) is 0 Å². The second kappa shape index (κ2) is 10.3. The molecule has 172 valence electrons. The van der Waals surface area contributed by atoms with Crippen molar-refractivity contribution in [2.45, 2.75) is 6.42 Å². The fourth-order valence-electron chi connectivity index (χ4n) is 3.26. The Hall–Kier alpha value is -4.66. The first-order valence-electron chi connectivity index (χ1n) is 10.3. The Labute approximate surface area is 195 Å². The van der Waals surface area contributed by atoms with Crippen LogP contribution in [0.1, 0.15) is 6.42 Å². The maximum Gasteiger partial charge on any atom is 0.233 e. The molecule has 2 aromatic heterocycles. The van der Waals surface area contributed by atoms with E-state index in [1.807, 2.05) is 6.07 Å². The van der Waals surface area contributed by atoms with E-state index < -0.39 is 11.8 Å². The van der Waals surface area contributed by atoms with Crippen LogP contribution in [0.25, 0.3) is 10.9 Å². The molecule has 2 aromatic carbocycles. The Morgan fingerprint density at radius 2 is 1.53 bits per heavy atom. The summed E-state index contributed by atoms with van der Waals surface area (Å²) in [5.41, 5.74) is 1.77. The summed E-state index contributed by atoms with van der Waals surface area (Å²) in [6.07, 6.45) is 4.43. The number of carbonyl (C=O) groups excluding carboxylic acids is 2. The van der Waals surface area contributed by atoms with Gasteiger partial charge in [0.05, 0.1) is 31.6 Å². The highest BCUT2D eigenvalue weighted by Gasteiger charge is 2.12. The number of nitrogens with one attached hydrogen (secondary N) is 2. The van der Waals surface area contributed by atoms with E-state index >= 15 is 0 Å². The number of fused-ring (bicyclic) bond motifs is 1. The van der Waals surface area contributed by atoms with E-state index in [2.05, 4.69) is 20.6 Å². The van der Waals surface area contributed by atoms with Gasteiger partial charge in [0, 0.05) is 29.5 Å². The van der Waals surface area contributed by atoms with E-state index in [1.54, 1.807) is 75.1 Å². The maximum absolute atomic E-state index is 12.2. The third kappa shape index (κ3) is 5.39. The lowest BCUT2D eigenvalue weighted by Gasteiger charge is -2.12. The highest BCUT2D eigenvalue weighted by atomic mass is 16.5. The number of carbonyl (C=O) groups is 2. The molecule has 0 aliphatic heterocycles. The lowest BCUT2D eigenvalue weighted by atomic mass is 10.2. The zero-order valence-electron chi connectivity index (χ0n) is 18.6. The van der Waals surface area contributed by atoms with Gasteiger partial charge in [-0.1, -0.05) is 0 Å². The molecule has 0 atom stereocenters. The molecular weight excluding hydrogens is 436 g/mol. The average Bonchev–Trinajstić information content (AvgIpc) is 2.85. The summed E-state index contributed by atoms with van der Waals surface area (Å²) in [7, 11) is 3.13. The van der Waals surface area contributed by atoms with Crippen LogP contribution in [0, 0.1) is 0 Å². The molecule has 0 fully saturated rings. The first-order valence-corrected chi connectivity index (χ1v) is 10.3. The first-order chi connectivity index (χ1) is 16.6. The molecule has 34 heavy (non-hydrogen) atoms. The lowest BCUT2D eigenvalue weighted by molar-refractivity contribution is -0.123. The van der Waals surface area contributed by atoms with Gasteiger partial charge < -0.3 is 24.8 Å². The summed E-state index contributed by atoms with van der Waals surface area (Å²) in [6.45, 7) is 0.